The monoisotopic (exact) mass is 476 g/mol. The molecule has 0 bridgehead atoms. The molecule has 184 valence electrons. The van der Waals surface area contributed by atoms with Crippen LogP contribution in [0.5, 0.6) is 0 Å². The molecule has 1 unspecified atom stereocenters. The molecule has 8 heteroatoms. The number of fused-ring (bicyclic) bond motifs is 1. The first kappa shape index (κ1) is 23.5. The van der Waals surface area contributed by atoms with E-state index in [-0.39, 0.29) is 24.1 Å². The van der Waals surface area contributed by atoms with E-state index in [1.54, 1.807) is 4.90 Å². The molecule has 3 aliphatic heterocycles. The highest BCUT2D eigenvalue weighted by atomic mass is 16.5. The fraction of sp³-hybridized carbons (Fsp3) is 0.444. The number of carbonyl (C=O) groups is 3. The Labute approximate surface area is 205 Å². The summed E-state index contributed by atoms with van der Waals surface area (Å²) in [4.78, 5) is 40.9. The summed E-state index contributed by atoms with van der Waals surface area (Å²) in [6.07, 6.45) is 2.68. The summed E-state index contributed by atoms with van der Waals surface area (Å²) in [7, 11) is 0. The van der Waals surface area contributed by atoms with E-state index < -0.39 is 6.04 Å². The van der Waals surface area contributed by atoms with Gasteiger partial charge in [0.05, 0.1) is 13.2 Å². The molecular formula is C27H32N4O4. The van der Waals surface area contributed by atoms with E-state index in [9.17, 15) is 14.4 Å². The van der Waals surface area contributed by atoms with Gasteiger partial charge in [-0.15, -0.1) is 0 Å². The van der Waals surface area contributed by atoms with Gasteiger partial charge in [0.2, 0.25) is 11.8 Å². The number of hydrogen-bond donors (Lipinski definition) is 2. The summed E-state index contributed by atoms with van der Waals surface area (Å²) in [5.41, 5.74) is 3.75. The minimum atomic E-state index is -0.590. The zero-order chi connectivity index (χ0) is 24.2. The Hall–Kier alpha value is -3.23. The van der Waals surface area contributed by atoms with Crippen LogP contribution in [0, 0.1) is 0 Å². The highest BCUT2D eigenvalue weighted by molar-refractivity contribution is 6.06. The quantitative estimate of drug-likeness (QED) is 0.450. The van der Waals surface area contributed by atoms with Crippen LogP contribution in [0.4, 0.5) is 5.69 Å². The molecule has 0 aromatic heterocycles. The second kappa shape index (κ2) is 10.6. The van der Waals surface area contributed by atoms with Crippen LogP contribution in [0.3, 0.4) is 0 Å². The third-order valence-corrected chi connectivity index (χ3v) is 7.19. The normalized spacial score (nSPS) is 21.2. The molecule has 3 heterocycles. The molecule has 0 saturated carbocycles. The van der Waals surface area contributed by atoms with Gasteiger partial charge in [0, 0.05) is 55.5 Å². The van der Waals surface area contributed by atoms with E-state index in [1.807, 2.05) is 36.4 Å². The highest BCUT2D eigenvalue weighted by Gasteiger charge is 2.40. The lowest BCUT2D eigenvalue weighted by atomic mass is 10.0. The zero-order valence-corrected chi connectivity index (χ0v) is 19.9. The Bertz CT molecular complexity index is 1080. The Morgan fingerprint density at radius 3 is 2.54 bits per heavy atom. The van der Waals surface area contributed by atoms with Gasteiger partial charge in [0.1, 0.15) is 6.04 Å². The predicted octanol–water partition coefficient (Wildman–Crippen LogP) is 2.54. The number of anilines is 1. The van der Waals surface area contributed by atoms with Gasteiger partial charge in [-0.25, -0.2) is 0 Å². The molecule has 1 atom stereocenters. The van der Waals surface area contributed by atoms with Crippen molar-refractivity contribution in [2.75, 3.05) is 31.6 Å². The number of ether oxygens (including phenoxy) is 1. The van der Waals surface area contributed by atoms with Gasteiger partial charge in [-0.2, -0.15) is 0 Å². The maximum absolute atomic E-state index is 13.0. The van der Waals surface area contributed by atoms with Crippen molar-refractivity contribution < 1.29 is 19.1 Å². The van der Waals surface area contributed by atoms with E-state index in [0.717, 1.165) is 50.3 Å². The van der Waals surface area contributed by atoms with E-state index in [1.165, 1.54) is 5.56 Å². The number of nitrogens with one attached hydrogen (secondary N) is 2. The van der Waals surface area contributed by atoms with Gasteiger partial charge < -0.3 is 19.9 Å². The standard InChI is InChI=1S/C27H32N4O4/c32-25-10-9-24(26(33)29-25)31-17-22-21(27(31)34)7-4-8-23(22)28-20-11-13-30(14-12-20)15-16-35-18-19-5-2-1-3-6-19/h1-8,20,24,28H,9-18H2,(H,29,32,33). The lowest BCUT2D eigenvalue weighted by molar-refractivity contribution is -0.136. The first-order chi connectivity index (χ1) is 17.1. The summed E-state index contributed by atoms with van der Waals surface area (Å²) in [5, 5.41) is 6.02. The molecule has 0 spiro atoms. The van der Waals surface area contributed by atoms with Crippen LogP contribution in [0.25, 0.3) is 0 Å². The molecule has 2 aromatic carbocycles. The van der Waals surface area contributed by atoms with E-state index in [4.69, 9.17) is 4.74 Å². The van der Waals surface area contributed by atoms with Gasteiger partial charge in [0.15, 0.2) is 0 Å². The zero-order valence-electron chi connectivity index (χ0n) is 19.9. The number of hydrogen-bond acceptors (Lipinski definition) is 6. The van der Waals surface area contributed by atoms with Gasteiger partial charge in [-0.1, -0.05) is 36.4 Å². The topological polar surface area (TPSA) is 91.0 Å². The van der Waals surface area contributed by atoms with E-state index in [2.05, 4.69) is 27.7 Å². The van der Waals surface area contributed by atoms with Crippen LogP contribution < -0.4 is 10.6 Å². The summed E-state index contributed by atoms with van der Waals surface area (Å²) < 4.78 is 5.84. The molecule has 0 aliphatic carbocycles. The van der Waals surface area contributed by atoms with E-state index in [0.29, 0.717) is 31.2 Å². The van der Waals surface area contributed by atoms with Gasteiger partial charge in [0.25, 0.3) is 5.91 Å². The van der Waals surface area contributed by atoms with Gasteiger partial charge in [-0.3, -0.25) is 19.7 Å². The molecule has 5 rings (SSSR count). The molecule has 2 aromatic rings. The fourth-order valence-electron chi connectivity index (χ4n) is 5.20. The number of amides is 3. The number of benzene rings is 2. The van der Waals surface area contributed by atoms with Crippen LogP contribution in [0.15, 0.2) is 48.5 Å². The summed E-state index contributed by atoms with van der Waals surface area (Å²) in [6, 6.07) is 15.7. The van der Waals surface area contributed by atoms with E-state index >= 15 is 0 Å². The average molecular weight is 477 g/mol. The first-order valence-electron chi connectivity index (χ1n) is 12.5. The average Bonchev–Trinajstić information content (AvgIpc) is 3.21. The van der Waals surface area contributed by atoms with Crippen molar-refractivity contribution in [1.82, 2.24) is 15.1 Å². The largest absolute Gasteiger partial charge is 0.382 e. The van der Waals surface area contributed by atoms with Crippen LogP contribution >= 0.6 is 0 Å². The number of carbonyl (C=O) groups excluding carboxylic acids is 3. The number of rotatable bonds is 8. The van der Waals surface area contributed by atoms with Crippen molar-refractivity contribution in [1.29, 1.82) is 0 Å². The molecule has 0 radical (unpaired) electrons. The number of nitrogens with zero attached hydrogens (tertiary/aromatic N) is 2. The lowest BCUT2D eigenvalue weighted by Gasteiger charge is -2.33. The Kier molecular flexibility index (Phi) is 7.11. The summed E-state index contributed by atoms with van der Waals surface area (Å²) >= 11 is 0. The van der Waals surface area contributed by atoms with Crippen LogP contribution in [0.1, 0.15) is 47.2 Å². The summed E-state index contributed by atoms with van der Waals surface area (Å²) in [6.45, 7) is 4.69. The van der Waals surface area contributed by atoms with Crippen molar-refractivity contribution in [2.24, 2.45) is 0 Å². The van der Waals surface area contributed by atoms with Gasteiger partial charge in [-0.05, 0) is 37.0 Å². The molecular weight excluding hydrogens is 444 g/mol. The maximum atomic E-state index is 13.0. The minimum absolute atomic E-state index is 0.136. The molecule has 35 heavy (non-hydrogen) atoms. The molecule has 2 saturated heterocycles. The molecule has 2 fully saturated rings. The first-order valence-corrected chi connectivity index (χ1v) is 12.5. The number of imide groups is 1. The summed E-state index contributed by atoms with van der Waals surface area (Å²) in [5.74, 6) is -0.785. The molecule has 3 aliphatic rings. The highest BCUT2D eigenvalue weighted by Crippen LogP contribution is 2.33. The van der Waals surface area contributed by atoms with Crippen LogP contribution in [-0.2, 0) is 27.5 Å². The Morgan fingerprint density at radius 2 is 1.77 bits per heavy atom. The molecule has 8 nitrogen and oxygen atoms in total. The van der Waals surface area contributed by atoms with Crippen molar-refractivity contribution in [3.63, 3.8) is 0 Å². The smallest absolute Gasteiger partial charge is 0.255 e. The van der Waals surface area contributed by atoms with Crippen LogP contribution in [0.2, 0.25) is 0 Å². The molecule has 2 N–H and O–H groups in total. The number of piperidine rings is 2. The number of likely N-dealkylation sites (tertiary alicyclic amines) is 1. The maximum Gasteiger partial charge on any atom is 0.255 e. The Morgan fingerprint density at radius 1 is 0.971 bits per heavy atom. The lowest BCUT2D eigenvalue weighted by Crippen LogP contribution is -2.52. The van der Waals surface area contributed by atoms with Gasteiger partial charge >= 0.3 is 0 Å². The molecule has 3 amide bonds. The second-order valence-electron chi connectivity index (χ2n) is 9.53. The van der Waals surface area contributed by atoms with Crippen LogP contribution in [-0.4, -0.2) is 65.8 Å². The minimum Gasteiger partial charge on any atom is -0.382 e. The SMILES string of the molecule is O=C1CCC(N2Cc3c(NC4CCN(CCOCc5ccccc5)CC4)cccc3C2=O)C(=O)N1. The van der Waals surface area contributed by atoms with Crippen molar-refractivity contribution >= 4 is 23.4 Å². The van der Waals surface area contributed by atoms with Crippen molar-refractivity contribution in [3.05, 3.63) is 65.2 Å². The van der Waals surface area contributed by atoms with Crippen molar-refractivity contribution in [2.45, 2.75) is 50.9 Å². The Balaban J connectivity index is 1.11. The third kappa shape index (κ3) is 5.39. The third-order valence-electron chi connectivity index (χ3n) is 7.19. The second-order valence-corrected chi connectivity index (χ2v) is 9.53. The fourth-order valence-corrected chi connectivity index (χ4v) is 5.20. The van der Waals surface area contributed by atoms with Crippen molar-refractivity contribution in [3.8, 4) is 0 Å². The predicted molar refractivity (Wildman–Crippen MR) is 132 cm³/mol.